The van der Waals surface area contributed by atoms with Crippen LogP contribution in [-0.2, 0) is 10.8 Å². The molecule has 5 heterocycles. The number of fused-ring (bicyclic) bond motifs is 15. The first-order valence-corrected chi connectivity index (χ1v) is 21.5. The van der Waals surface area contributed by atoms with Crippen LogP contribution in [0.25, 0.3) is 51.5 Å². The van der Waals surface area contributed by atoms with Gasteiger partial charge < -0.3 is 9.71 Å². The van der Waals surface area contributed by atoms with Crippen molar-refractivity contribution in [3.8, 4) is 11.1 Å². The van der Waals surface area contributed by atoms with Crippen molar-refractivity contribution in [1.82, 2.24) is 0 Å². The maximum absolute atomic E-state index is 2.91. The highest BCUT2D eigenvalue weighted by Crippen LogP contribution is 2.64. The number of anilines is 4. The van der Waals surface area contributed by atoms with E-state index in [2.05, 4.69) is 154 Å². The molecule has 0 amide bonds. The van der Waals surface area contributed by atoms with Crippen LogP contribution in [0.5, 0.6) is 0 Å². The second-order valence-corrected chi connectivity index (χ2v) is 20.1. The molecule has 8 aromatic rings. The van der Waals surface area contributed by atoms with Gasteiger partial charge in [-0.25, -0.2) is 0 Å². The zero-order chi connectivity index (χ0) is 36.5. The molecule has 12 rings (SSSR count). The Bertz CT molecular complexity index is 2960. The zero-order valence-electron chi connectivity index (χ0n) is 31.9. The second kappa shape index (κ2) is 10.4. The molecule has 0 spiro atoms. The molecule has 0 N–H and O–H groups in total. The molecule has 3 aliphatic heterocycles. The van der Waals surface area contributed by atoms with Gasteiger partial charge >= 0.3 is 6.85 Å². The number of thiophene rings is 2. The molecular formula is C49H43BN2S2. The highest BCUT2D eigenvalue weighted by molar-refractivity contribution is 7.27. The molecule has 6 aromatic carbocycles. The van der Waals surface area contributed by atoms with Gasteiger partial charge in [0, 0.05) is 69.2 Å². The number of para-hydroxylation sites is 1. The van der Waals surface area contributed by atoms with Crippen molar-refractivity contribution in [2.75, 3.05) is 9.71 Å². The van der Waals surface area contributed by atoms with E-state index >= 15 is 0 Å². The van der Waals surface area contributed by atoms with Crippen LogP contribution in [0, 0.1) is 6.92 Å². The minimum atomic E-state index is -0.0275. The van der Waals surface area contributed by atoms with Gasteiger partial charge in [0.05, 0.1) is 15.9 Å². The van der Waals surface area contributed by atoms with Gasteiger partial charge in [-0.1, -0.05) is 119 Å². The van der Waals surface area contributed by atoms with Gasteiger partial charge in [-0.05, 0) is 84.0 Å². The van der Waals surface area contributed by atoms with Crippen molar-refractivity contribution < 1.29 is 0 Å². The third-order valence-corrected chi connectivity index (χ3v) is 16.7. The van der Waals surface area contributed by atoms with Gasteiger partial charge in [0.2, 0.25) is 0 Å². The van der Waals surface area contributed by atoms with E-state index < -0.39 is 0 Å². The third-order valence-electron chi connectivity index (χ3n) is 14.3. The third kappa shape index (κ3) is 3.74. The molecule has 0 saturated heterocycles. The van der Waals surface area contributed by atoms with Crippen LogP contribution in [-0.4, -0.2) is 12.4 Å². The van der Waals surface area contributed by atoms with E-state index in [1.54, 1.807) is 5.56 Å². The fraction of sp³-hybridized carbons (Fsp3) is 0.265. The predicted octanol–water partition coefficient (Wildman–Crippen LogP) is 13.0. The van der Waals surface area contributed by atoms with Gasteiger partial charge in [-0.3, -0.25) is 0 Å². The first kappa shape index (κ1) is 31.7. The molecule has 1 fully saturated rings. The van der Waals surface area contributed by atoms with Crippen LogP contribution in [0.1, 0.15) is 77.0 Å². The largest absolute Gasteiger partial charge is 0.375 e. The summed E-state index contributed by atoms with van der Waals surface area (Å²) in [6.07, 6.45) is 4.98. The molecule has 2 atom stereocenters. The molecule has 1 saturated carbocycles. The summed E-state index contributed by atoms with van der Waals surface area (Å²) in [5, 5.41) is 5.49. The molecule has 0 bridgehead atoms. The van der Waals surface area contributed by atoms with E-state index in [1.165, 1.54) is 122 Å². The molecule has 5 heteroatoms. The number of aryl methyl sites for hydroxylation is 1. The Balaban J connectivity index is 1.33. The van der Waals surface area contributed by atoms with Crippen molar-refractivity contribution in [1.29, 1.82) is 0 Å². The second-order valence-electron chi connectivity index (χ2n) is 18.0. The smallest absolute Gasteiger partial charge is 0.333 e. The summed E-state index contributed by atoms with van der Waals surface area (Å²) >= 11 is 3.97. The minimum Gasteiger partial charge on any atom is -0.375 e. The maximum atomic E-state index is 2.91. The normalized spacial score (nSPS) is 21.3. The average Bonchev–Trinajstić information content (AvgIpc) is 3.80. The van der Waals surface area contributed by atoms with Crippen LogP contribution in [0.15, 0.2) is 103 Å². The molecule has 264 valence electrons. The number of benzene rings is 6. The predicted molar refractivity (Wildman–Crippen MR) is 238 cm³/mol. The summed E-state index contributed by atoms with van der Waals surface area (Å²) in [6, 6.07) is 40.2. The lowest BCUT2D eigenvalue weighted by Gasteiger charge is -2.53. The summed E-state index contributed by atoms with van der Waals surface area (Å²) in [7, 11) is 0. The number of rotatable bonds is 1. The van der Waals surface area contributed by atoms with Crippen LogP contribution in [0.3, 0.4) is 0 Å². The van der Waals surface area contributed by atoms with Crippen LogP contribution in [0.2, 0.25) is 0 Å². The molecular weight excluding hydrogens is 691 g/mol. The summed E-state index contributed by atoms with van der Waals surface area (Å²) < 4.78 is 5.54. The van der Waals surface area contributed by atoms with Gasteiger partial charge in [0.1, 0.15) is 0 Å². The van der Waals surface area contributed by atoms with E-state index in [0.29, 0.717) is 0 Å². The van der Waals surface area contributed by atoms with Gasteiger partial charge in [0.15, 0.2) is 0 Å². The number of nitrogens with zero attached hydrogens (tertiary/aromatic N) is 2. The first-order chi connectivity index (χ1) is 26.1. The van der Waals surface area contributed by atoms with Crippen LogP contribution >= 0.6 is 22.7 Å². The summed E-state index contributed by atoms with van der Waals surface area (Å²) in [4.78, 5) is 5.71. The van der Waals surface area contributed by atoms with E-state index in [-0.39, 0.29) is 23.2 Å². The fourth-order valence-electron chi connectivity index (χ4n) is 11.3. The van der Waals surface area contributed by atoms with Gasteiger partial charge in [-0.2, -0.15) is 0 Å². The Morgan fingerprint density at radius 3 is 2.11 bits per heavy atom. The highest BCUT2D eigenvalue weighted by Gasteiger charge is 2.62. The zero-order valence-corrected chi connectivity index (χ0v) is 33.6. The van der Waals surface area contributed by atoms with Crippen molar-refractivity contribution in [2.24, 2.45) is 0 Å². The quantitative estimate of drug-likeness (QED) is 0.155. The first-order valence-electron chi connectivity index (χ1n) is 19.9. The number of hydrogen-bond donors (Lipinski definition) is 0. The van der Waals surface area contributed by atoms with Crippen molar-refractivity contribution in [2.45, 2.75) is 83.6 Å². The monoisotopic (exact) mass is 734 g/mol. The van der Waals surface area contributed by atoms with Crippen molar-refractivity contribution >= 4 is 104 Å². The van der Waals surface area contributed by atoms with Crippen LogP contribution < -0.4 is 20.6 Å². The molecule has 1 aliphatic carbocycles. The highest BCUT2D eigenvalue weighted by atomic mass is 32.1. The van der Waals surface area contributed by atoms with Crippen LogP contribution in [0.4, 0.5) is 22.7 Å². The fourth-order valence-corrected chi connectivity index (χ4v) is 13.8. The molecule has 2 unspecified atom stereocenters. The number of hydrogen-bond acceptors (Lipinski definition) is 4. The average molecular weight is 735 g/mol. The topological polar surface area (TPSA) is 6.48 Å². The lowest BCUT2D eigenvalue weighted by Crippen LogP contribution is -2.64. The molecule has 0 radical (unpaired) electrons. The van der Waals surface area contributed by atoms with Crippen molar-refractivity contribution in [3.05, 3.63) is 120 Å². The van der Waals surface area contributed by atoms with E-state index in [0.717, 1.165) is 0 Å². The van der Waals surface area contributed by atoms with Crippen molar-refractivity contribution in [3.63, 3.8) is 0 Å². The molecule has 2 aromatic heterocycles. The Labute approximate surface area is 326 Å². The molecule has 4 aliphatic rings. The Hall–Kier alpha value is -4.58. The lowest BCUT2D eigenvalue weighted by molar-refractivity contribution is 0.195. The summed E-state index contributed by atoms with van der Waals surface area (Å²) in [5.74, 6) is 0. The lowest BCUT2D eigenvalue weighted by atomic mass is 9.43. The summed E-state index contributed by atoms with van der Waals surface area (Å²) in [5.41, 5.74) is 15.8. The van der Waals surface area contributed by atoms with E-state index in [4.69, 9.17) is 0 Å². The van der Waals surface area contributed by atoms with E-state index in [1.807, 2.05) is 22.7 Å². The molecule has 54 heavy (non-hydrogen) atoms. The van der Waals surface area contributed by atoms with E-state index in [9.17, 15) is 0 Å². The Morgan fingerprint density at radius 2 is 1.35 bits per heavy atom. The standard InChI is InChI=1S/C49H43BN2S2/c1-28-15-7-10-18-37(28)52-43-33(22-21-32-30-16-8-11-19-39(30)54-46(32)43)41-42-38(27-34-31-17-9-12-20-40(31)53-45(34)41)51-44-35(48(5)23-13-14-24-49(48,51)6)25-29(47(2,3)4)26-36(44)50(42)52/h7-12,15-22,25-27H,13-14,23-24H2,1-6H3. The molecule has 2 nitrogen and oxygen atoms in total. The minimum absolute atomic E-state index is 0.0116. The maximum Gasteiger partial charge on any atom is 0.333 e. The van der Waals surface area contributed by atoms with Gasteiger partial charge in [-0.15, -0.1) is 22.7 Å². The summed E-state index contributed by atoms with van der Waals surface area (Å²) in [6.45, 7) is 14.8. The Kier molecular flexibility index (Phi) is 6.10. The Morgan fingerprint density at radius 1 is 0.667 bits per heavy atom. The van der Waals surface area contributed by atoms with Gasteiger partial charge in [0.25, 0.3) is 0 Å². The SMILES string of the molecule is Cc1ccccc1N1B2c3cc(C(C)(C)C)cc4c3N(c3cc5c(sc6ccccc65)c(c32)-c2ccc3c(sc5ccccc53)c21)C1(C)CCCCC41C.